The molecule has 13 nitrogen and oxygen atoms in total. The third-order valence-electron chi connectivity index (χ3n) is 15.0. The molecule has 2 saturated heterocycles. The summed E-state index contributed by atoms with van der Waals surface area (Å²) in [5, 5.41) is 34.2. The summed E-state index contributed by atoms with van der Waals surface area (Å²) in [7, 11) is 4.63. The van der Waals surface area contributed by atoms with Gasteiger partial charge in [-0.05, 0) is 114 Å². The van der Waals surface area contributed by atoms with Gasteiger partial charge in [-0.15, -0.1) is 0 Å². The first-order valence-electron chi connectivity index (χ1n) is 24.4. The third-order valence-corrected chi connectivity index (χ3v) is 15.0. The van der Waals surface area contributed by atoms with E-state index < -0.39 is 66.1 Å². The summed E-state index contributed by atoms with van der Waals surface area (Å²) >= 11 is 0. The zero-order valence-electron chi connectivity index (χ0n) is 41.3. The zero-order chi connectivity index (χ0) is 48.2. The van der Waals surface area contributed by atoms with Gasteiger partial charge in [-0.2, -0.15) is 0 Å². The van der Waals surface area contributed by atoms with E-state index in [1.807, 2.05) is 65.0 Å². The zero-order valence-corrected chi connectivity index (χ0v) is 41.3. The predicted molar refractivity (Wildman–Crippen MR) is 249 cm³/mol. The Morgan fingerprint density at radius 3 is 2.25 bits per heavy atom. The van der Waals surface area contributed by atoms with Crippen LogP contribution < -0.4 is 0 Å². The van der Waals surface area contributed by atoms with E-state index in [-0.39, 0.29) is 59.8 Å². The molecule has 2 bridgehead atoms. The van der Waals surface area contributed by atoms with Crippen molar-refractivity contribution in [1.82, 2.24) is 4.90 Å². The van der Waals surface area contributed by atoms with Crippen molar-refractivity contribution in [3.8, 4) is 0 Å². The van der Waals surface area contributed by atoms with E-state index in [1.54, 1.807) is 41.1 Å². The molecule has 0 radical (unpaired) electrons. The van der Waals surface area contributed by atoms with Crippen molar-refractivity contribution in [2.45, 2.75) is 187 Å². The number of carbonyl (C=O) groups is 4. The van der Waals surface area contributed by atoms with E-state index >= 15 is 0 Å². The van der Waals surface area contributed by atoms with Crippen molar-refractivity contribution in [3.63, 3.8) is 0 Å². The maximum atomic E-state index is 14.6. The molecule has 4 rings (SSSR count). The Balaban J connectivity index is 1.70. The van der Waals surface area contributed by atoms with Crippen molar-refractivity contribution >= 4 is 23.4 Å². The molecule has 0 spiro atoms. The van der Waals surface area contributed by atoms with Gasteiger partial charge in [0.05, 0.1) is 30.3 Å². The van der Waals surface area contributed by atoms with Crippen LogP contribution in [0.1, 0.15) is 132 Å². The molecule has 16 unspecified atom stereocenters. The van der Waals surface area contributed by atoms with Gasteiger partial charge in [0.2, 0.25) is 5.91 Å². The van der Waals surface area contributed by atoms with Crippen LogP contribution in [0.2, 0.25) is 0 Å². The number of amides is 1. The van der Waals surface area contributed by atoms with Crippen LogP contribution in [0.3, 0.4) is 0 Å². The Hall–Kier alpha value is -3.04. The number of allylic oxidation sites excluding steroid dienone is 6. The van der Waals surface area contributed by atoms with Crippen LogP contribution in [0.25, 0.3) is 0 Å². The summed E-state index contributed by atoms with van der Waals surface area (Å²) in [5.41, 5.74) is 1.38. The summed E-state index contributed by atoms with van der Waals surface area (Å²) < 4.78 is 30.0. The second kappa shape index (κ2) is 25.4. The fraction of sp³-hybridized carbons (Fsp3) is 0.769. The largest absolute Gasteiger partial charge is 0.460 e. The Kier molecular flexibility index (Phi) is 21.3. The van der Waals surface area contributed by atoms with Crippen molar-refractivity contribution in [1.29, 1.82) is 0 Å². The number of hydrogen-bond acceptors (Lipinski definition) is 12. The number of carbonyl (C=O) groups excluding carboxylic acids is 4. The lowest BCUT2D eigenvalue weighted by Gasteiger charge is -2.47. The van der Waals surface area contributed by atoms with E-state index in [0.29, 0.717) is 76.3 Å². The Morgan fingerprint density at radius 1 is 0.846 bits per heavy atom. The predicted octanol–water partition coefficient (Wildman–Crippen LogP) is 7.25. The smallest absolute Gasteiger partial charge is 0.329 e. The van der Waals surface area contributed by atoms with E-state index in [0.717, 1.165) is 12.0 Å². The lowest BCUT2D eigenvalue weighted by molar-refractivity contribution is -0.303. The van der Waals surface area contributed by atoms with Crippen LogP contribution in [0.5, 0.6) is 0 Å². The van der Waals surface area contributed by atoms with Crippen molar-refractivity contribution in [2.24, 2.45) is 41.4 Å². The van der Waals surface area contributed by atoms with Crippen LogP contribution in [0.4, 0.5) is 0 Å². The molecule has 0 aromatic heterocycles. The van der Waals surface area contributed by atoms with Crippen LogP contribution in [-0.4, -0.2) is 126 Å². The molecule has 0 aromatic carbocycles. The number of rotatable bonds is 6. The van der Waals surface area contributed by atoms with Gasteiger partial charge < -0.3 is 43.9 Å². The molecular weight excluding hydrogens is 831 g/mol. The lowest BCUT2D eigenvalue weighted by Crippen LogP contribution is -2.59. The molecule has 0 aromatic rings. The fourth-order valence-electron chi connectivity index (χ4n) is 10.6. The minimum Gasteiger partial charge on any atom is -0.460 e. The molecule has 3 heterocycles. The van der Waals surface area contributed by atoms with Gasteiger partial charge >= 0.3 is 5.97 Å². The minimum absolute atomic E-state index is 0.0468. The van der Waals surface area contributed by atoms with Gasteiger partial charge in [0.25, 0.3) is 0 Å². The monoisotopic (exact) mass is 914 g/mol. The normalized spacial score (nSPS) is 40.2. The number of ether oxygens (including phenoxy) is 5. The second-order valence-corrected chi connectivity index (χ2v) is 20.1. The molecule has 3 N–H and O–H groups in total. The van der Waals surface area contributed by atoms with Gasteiger partial charge in [-0.25, -0.2) is 4.79 Å². The number of aliphatic hydroxyl groups is 3. The molecule has 13 heteroatoms. The number of nitrogens with zero attached hydrogens (tertiary/aromatic N) is 1. The van der Waals surface area contributed by atoms with Crippen molar-refractivity contribution < 1.29 is 58.2 Å². The maximum Gasteiger partial charge on any atom is 0.329 e. The number of methoxy groups -OCH3 is 3. The quantitative estimate of drug-likeness (QED) is 0.180. The van der Waals surface area contributed by atoms with E-state index in [1.165, 1.54) is 12.0 Å². The molecular formula is C52H83NO12. The average molecular weight is 914 g/mol. The van der Waals surface area contributed by atoms with Gasteiger partial charge in [-0.1, -0.05) is 71.1 Å². The number of aliphatic hydroxyl groups excluding tert-OH is 2. The summed E-state index contributed by atoms with van der Waals surface area (Å²) in [6, 6.07) is -0.919. The topological polar surface area (TPSA) is 178 Å². The first-order chi connectivity index (χ1) is 30.7. The number of fused-ring (bicyclic) bond motifs is 3. The number of esters is 1. The van der Waals surface area contributed by atoms with Crippen LogP contribution in [-0.2, 0) is 42.9 Å². The van der Waals surface area contributed by atoms with Gasteiger partial charge in [0.15, 0.2) is 11.6 Å². The van der Waals surface area contributed by atoms with Gasteiger partial charge in [0, 0.05) is 58.5 Å². The molecule has 3 aliphatic heterocycles. The van der Waals surface area contributed by atoms with Gasteiger partial charge in [0.1, 0.15) is 30.1 Å². The molecule has 1 aliphatic carbocycles. The highest BCUT2D eigenvalue weighted by Crippen LogP contribution is 2.41. The molecule has 368 valence electrons. The first-order valence-corrected chi connectivity index (χ1v) is 24.4. The fourth-order valence-corrected chi connectivity index (χ4v) is 10.6. The molecule has 16 atom stereocenters. The van der Waals surface area contributed by atoms with Crippen LogP contribution in [0, 0.1) is 41.4 Å². The number of Topliss-reactive ketones (excluding diaryl/α,β-unsaturated/α-hetero) is 2. The van der Waals surface area contributed by atoms with Crippen molar-refractivity contribution in [3.05, 3.63) is 47.6 Å². The minimum atomic E-state index is -1.79. The van der Waals surface area contributed by atoms with E-state index in [2.05, 4.69) is 0 Å². The summed E-state index contributed by atoms with van der Waals surface area (Å²) in [5.74, 6) is -5.75. The number of cyclic esters (lactones) is 1. The van der Waals surface area contributed by atoms with Gasteiger partial charge in [-0.3, -0.25) is 14.4 Å². The molecule has 1 amide bonds. The first kappa shape index (κ1) is 54.6. The highest BCUT2D eigenvalue weighted by Gasteiger charge is 2.51. The van der Waals surface area contributed by atoms with E-state index in [9.17, 15) is 34.5 Å². The summed E-state index contributed by atoms with van der Waals surface area (Å²) in [6.07, 6.45) is 13.2. The summed E-state index contributed by atoms with van der Waals surface area (Å²) in [4.78, 5) is 58.5. The average Bonchev–Trinajstić information content (AvgIpc) is 3.28. The molecule has 65 heavy (non-hydrogen) atoms. The molecule has 3 fully saturated rings. The van der Waals surface area contributed by atoms with Crippen LogP contribution >= 0.6 is 0 Å². The highest BCUT2D eigenvalue weighted by atomic mass is 16.6. The van der Waals surface area contributed by atoms with E-state index in [4.69, 9.17) is 23.7 Å². The highest BCUT2D eigenvalue weighted by molar-refractivity contribution is 5.88. The Bertz CT molecular complexity index is 1710. The standard InChI is InChI=1S/C52H83NO12/c1-31-17-13-12-14-18-32(2)44(61-9)29-40-22-20-37(7)52(60,65-40)38(8)50(58)53-24-16-15-19-41(53)51(59)64-45(34(4)27-39-21-23-42(54)46(28-39)62-10)30-43(55)33(3)26-36(6)48(57)49(63-11)47(56)35(5)25-31/h12-14,17-18,26,31,33-35,37-42,44-46,48-49,54,57,60H,15-16,19-25,27-30H2,1-11H3/b14-12?,17-13+,32-18?,36-26+. The lowest BCUT2D eigenvalue weighted by atomic mass is 9.78. The second-order valence-electron chi connectivity index (χ2n) is 20.1. The summed E-state index contributed by atoms with van der Waals surface area (Å²) in [6.45, 7) is 15.1. The molecule has 4 aliphatic rings. The molecule has 1 saturated carbocycles. The Labute approximate surface area is 389 Å². The SMILES string of the molecule is COC1CC2CCC(C)C(O)(O2)C(C)C(=O)N2CCCCC2C(=O)OC(C(C)CC2CCC(O)C(OC)C2)CC(=O)C(C)/C=C(\C)C(O)C(OC)C(=O)C(C)CC(C)/C=C/C=CC=C1C. The third kappa shape index (κ3) is 14.5. The number of hydrogen-bond donors (Lipinski definition) is 3. The number of piperidine rings is 1. The number of ketones is 2. The van der Waals surface area contributed by atoms with Crippen LogP contribution in [0.15, 0.2) is 47.6 Å². The van der Waals surface area contributed by atoms with Crippen molar-refractivity contribution in [2.75, 3.05) is 27.9 Å². The Morgan fingerprint density at radius 2 is 1.57 bits per heavy atom. The maximum absolute atomic E-state index is 14.6.